The van der Waals surface area contributed by atoms with E-state index in [0.29, 0.717) is 41.5 Å². The van der Waals surface area contributed by atoms with Gasteiger partial charge in [-0.05, 0) is 56.5 Å². The van der Waals surface area contributed by atoms with Gasteiger partial charge in [-0.3, -0.25) is 38.9 Å². The molecule has 5 amide bonds. The summed E-state index contributed by atoms with van der Waals surface area (Å²) in [4.78, 5) is 71.0. The van der Waals surface area contributed by atoms with Crippen LogP contribution in [0, 0.1) is 5.82 Å². The smallest absolute Gasteiger partial charge is 0.263 e. The second kappa shape index (κ2) is 17.2. The van der Waals surface area contributed by atoms with Crippen molar-refractivity contribution in [2.75, 3.05) is 37.8 Å². The molecule has 3 N–H and O–H groups in total. The largest absolute Gasteiger partial charge is 0.482 e. The topological polar surface area (TPSA) is 179 Å². The lowest BCUT2D eigenvalue weighted by Gasteiger charge is -2.32. The van der Waals surface area contributed by atoms with Gasteiger partial charge in [0, 0.05) is 64.3 Å². The molecule has 4 aromatic rings. The summed E-state index contributed by atoms with van der Waals surface area (Å²) in [6.45, 7) is 3.38. The van der Waals surface area contributed by atoms with E-state index >= 15 is 0 Å². The summed E-state index contributed by atoms with van der Waals surface area (Å²) in [5.74, 6) is -1.89. The molecule has 7 rings (SSSR count). The highest BCUT2D eigenvalue weighted by molar-refractivity contribution is 7.99. The Morgan fingerprint density at radius 1 is 1.05 bits per heavy atom. The highest BCUT2D eigenvalue weighted by atomic mass is 35.5. The van der Waals surface area contributed by atoms with Gasteiger partial charge in [0.05, 0.1) is 48.0 Å². The average molecular weight is 839 g/mol. The molecule has 0 aliphatic carbocycles. The molecule has 2 saturated heterocycles. The molecule has 57 heavy (non-hydrogen) atoms. The van der Waals surface area contributed by atoms with Crippen LogP contribution in [0.25, 0.3) is 11.1 Å². The number of nitrogens with one attached hydrogen (secondary N) is 1. The molecule has 5 heterocycles. The number of thioether (sulfide) groups is 1. The van der Waals surface area contributed by atoms with Gasteiger partial charge in [-0.15, -0.1) is 11.8 Å². The van der Waals surface area contributed by atoms with Crippen molar-refractivity contribution >= 4 is 70.3 Å². The van der Waals surface area contributed by atoms with Crippen LogP contribution in [-0.2, 0) is 19.1 Å². The van der Waals surface area contributed by atoms with Crippen molar-refractivity contribution in [2.24, 2.45) is 0 Å². The third-order valence-corrected chi connectivity index (χ3v) is 11.9. The highest BCUT2D eigenvalue weighted by Crippen LogP contribution is 2.38. The molecule has 3 aliphatic heterocycles. The highest BCUT2D eigenvalue weighted by Gasteiger charge is 2.45. The van der Waals surface area contributed by atoms with Crippen LogP contribution in [0.4, 0.5) is 10.2 Å². The third kappa shape index (κ3) is 8.49. The van der Waals surface area contributed by atoms with Crippen molar-refractivity contribution in [3.05, 3.63) is 87.5 Å². The standard InChI is InChI=1S/C39H38Cl2FN7O7S/c1-21(33-26(40)5-6-27(42)35(33)41)56-29-17-22(18-44-36(29)43)23-19-45-48(20-23)24-9-12-47(13-10-24)32(51)11-14-55-15-16-57-30-4-2-3-25-34(30)39(54)49(38(25)53)28-7-8-31(50)46-37(28)52/h2-6,17-21,24,28H,7-16H2,1H3,(H2,43,44)(H,46,50,52)/t21-,28?/m1/s1. The van der Waals surface area contributed by atoms with E-state index < -0.39 is 41.6 Å². The average Bonchev–Trinajstić information content (AvgIpc) is 3.79. The number of ether oxygens (including phenoxy) is 2. The van der Waals surface area contributed by atoms with Crippen molar-refractivity contribution < 1.29 is 37.8 Å². The maximum atomic E-state index is 14.1. The SMILES string of the molecule is C[C@@H](Oc1cc(-c2cnn(C3CCN(C(=O)CCOCCSc4cccc5c4C(=O)N(C4CCC(=O)NC4=O)C5=O)CC3)c2)cnc1N)c1c(Cl)ccc(F)c1Cl. The molecular weight excluding hydrogens is 800 g/mol. The number of carbonyl (C=O) groups is 5. The fourth-order valence-electron chi connectivity index (χ4n) is 7.17. The lowest BCUT2D eigenvalue weighted by molar-refractivity contribution is -0.136. The zero-order valence-corrected chi connectivity index (χ0v) is 33.0. The summed E-state index contributed by atoms with van der Waals surface area (Å²) >= 11 is 13.8. The first-order valence-corrected chi connectivity index (χ1v) is 20.1. The zero-order chi connectivity index (χ0) is 40.4. The lowest BCUT2D eigenvalue weighted by atomic mass is 10.0. The summed E-state index contributed by atoms with van der Waals surface area (Å²) in [5.41, 5.74) is 8.39. The van der Waals surface area contributed by atoms with E-state index in [9.17, 15) is 28.4 Å². The molecule has 2 aromatic carbocycles. The number of aromatic nitrogens is 3. The Hall–Kier alpha value is -5.03. The minimum absolute atomic E-state index is 0.00342. The van der Waals surface area contributed by atoms with Crippen molar-refractivity contribution in [1.29, 1.82) is 0 Å². The Labute approximate surface area is 341 Å². The van der Waals surface area contributed by atoms with E-state index in [2.05, 4.69) is 15.4 Å². The van der Waals surface area contributed by atoms with Gasteiger partial charge in [-0.2, -0.15) is 5.10 Å². The van der Waals surface area contributed by atoms with Crippen molar-refractivity contribution in [3.8, 4) is 16.9 Å². The molecule has 0 radical (unpaired) electrons. The number of pyridine rings is 1. The molecule has 298 valence electrons. The van der Waals surface area contributed by atoms with Crippen LogP contribution >= 0.6 is 35.0 Å². The van der Waals surface area contributed by atoms with Gasteiger partial charge in [-0.1, -0.05) is 29.3 Å². The fourth-order valence-corrected chi connectivity index (χ4v) is 8.79. The number of hydrogen-bond acceptors (Lipinski definition) is 11. The summed E-state index contributed by atoms with van der Waals surface area (Å²) in [6.07, 6.45) is 6.35. The Kier molecular flexibility index (Phi) is 12.1. The molecule has 3 aliphatic rings. The number of likely N-dealkylation sites (tertiary alicyclic amines) is 1. The van der Waals surface area contributed by atoms with Crippen LogP contribution in [0.15, 0.2) is 59.9 Å². The van der Waals surface area contributed by atoms with Gasteiger partial charge in [0.2, 0.25) is 17.7 Å². The lowest BCUT2D eigenvalue weighted by Crippen LogP contribution is -2.54. The maximum absolute atomic E-state index is 14.1. The molecule has 14 nitrogen and oxygen atoms in total. The van der Waals surface area contributed by atoms with E-state index in [1.165, 1.54) is 23.9 Å². The molecule has 2 fully saturated rings. The van der Waals surface area contributed by atoms with E-state index in [-0.39, 0.29) is 70.6 Å². The summed E-state index contributed by atoms with van der Waals surface area (Å²) in [6, 6.07) is 8.39. The van der Waals surface area contributed by atoms with Gasteiger partial charge in [0.15, 0.2) is 11.6 Å². The molecule has 0 bridgehead atoms. The first kappa shape index (κ1) is 40.2. The number of fused-ring (bicyclic) bond motifs is 1. The minimum atomic E-state index is -1.03. The second-order valence-corrected chi connectivity index (χ2v) is 15.7. The van der Waals surface area contributed by atoms with Gasteiger partial charge in [-0.25, -0.2) is 9.37 Å². The van der Waals surface area contributed by atoms with Crippen LogP contribution in [0.5, 0.6) is 5.75 Å². The number of imide groups is 2. The Bertz CT molecular complexity index is 2250. The molecule has 0 saturated carbocycles. The number of halogens is 3. The van der Waals surface area contributed by atoms with Crippen LogP contribution in [0.2, 0.25) is 10.0 Å². The first-order chi connectivity index (χ1) is 27.4. The fraction of sp³-hybridized carbons (Fsp3) is 0.359. The van der Waals surface area contributed by atoms with Gasteiger partial charge >= 0.3 is 0 Å². The number of nitrogen functional groups attached to an aromatic ring is 1. The van der Waals surface area contributed by atoms with Crippen LogP contribution in [-0.4, -0.2) is 92.2 Å². The number of nitrogens with two attached hydrogens (primary N) is 1. The number of carbonyl (C=O) groups excluding carboxylic acids is 5. The quantitative estimate of drug-likeness (QED) is 0.0712. The first-order valence-electron chi connectivity index (χ1n) is 18.3. The summed E-state index contributed by atoms with van der Waals surface area (Å²) < 4.78 is 27.8. The number of nitrogens with zero attached hydrogens (tertiary/aromatic N) is 5. The van der Waals surface area contributed by atoms with E-state index in [4.69, 9.17) is 38.4 Å². The molecule has 18 heteroatoms. The van der Waals surface area contributed by atoms with E-state index in [1.54, 1.807) is 43.6 Å². The predicted octanol–water partition coefficient (Wildman–Crippen LogP) is 5.88. The Morgan fingerprint density at radius 3 is 2.61 bits per heavy atom. The van der Waals surface area contributed by atoms with Crippen LogP contribution in [0.3, 0.4) is 0 Å². The third-order valence-electron chi connectivity index (χ3n) is 10.2. The molecule has 1 unspecified atom stereocenters. The molecular formula is C39H38Cl2FN7O7S. The number of hydrogen-bond donors (Lipinski definition) is 2. The number of piperidine rings is 2. The van der Waals surface area contributed by atoms with Crippen molar-refractivity contribution in [2.45, 2.75) is 62.1 Å². The molecule has 2 aromatic heterocycles. The van der Waals surface area contributed by atoms with Crippen LogP contribution < -0.4 is 15.8 Å². The molecule has 0 spiro atoms. The molecule has 2 atom stereocenters. The van der Waals surface area contributed by atoms with E-state index in [0.717, 1.165) is 23.3 Å². The number of rotatable bonds is 13. The van der Waals surface area contributed by atoms with Crippen molar-refractivity contribution in [3.63, 3.8) is 0 Å². The number of anilines is 1. The maximum Gasteiger partial charge on any atom is 0.263 e. The van der Waals surface area contributed by atoms with E-state index in [1.807, 2.05) is 15.8 Å². The number of benzene rings is 2. The second-order valence-electron chi connectivity index (χ2n) is 13.8. The van der Waals surface area contributed by atoms with Gasteiger partial charge in [0.1, 0.15) is 18.0 Å². The monoisotopic (exact) mass is 837 g/mol. The zero-order valence-electron chi connectivity index (χ0n) is 30.7. The van der Waals surface area contributed by atoms with Crippen molar-refractivity contribution in [1.82, 2.24) is 29.9 Å². The van der Waals surface area contributed by atoms with Crippen LogP contribution in [0.1, 0.15) is 77.5 Å². The van der Waals surface area contributed by atoms with Gasteiger partial charge in [0.25, 0.3) is 11.8 Å². The Balaban J connectivity index is 0.851. The predicted molar refractivity (Wildman–Crippen MR) is 209 cm³/mol. The van der Waals surface area contributed by atoms with Gasteiger partial charge < -0.3 is 20.1 Å². The normalized spacial score (nSPS) is 17.9. The Morgan fingerprint density at radius 2 is 1.84 bits per heavy atom. The number of amides is 5. The summed E-state index contributed by atoms with van der Waals surface area (Å²) in [7, 11) is 0. The summed E-state index contributed by atoms with van der Waals surface area (Å²) in [5, 5.41) is 6.93. The minimum Gasteiger partial charge on any atom is -0.482 e.